The number of ether oxygens (including phenoxy) is 1. The number of benzene rings is 1. The number of carboxylic acid groups (broad SMARTS) is 1. The van der Waals surface area contributed by atoms with Gasteiger partial charge in [-0.3, -0.25) is 0 Å². The van der Waals surface area contributed by atoms with Crippen molar-refractivity contribution in [1.29, 1.82) is 0 Å². The van der Waals surface area contributed by atoms with Crippen LogP contribution in [-0.4, -0.2) is 16.7 Å². The van der Waals surface area contributed by atoms with Gasteiger partial charge in [-0.15, -0.1) is 0 Å². The molecule has 1 aromatic rings. The van der Waals surface area contributed by atoms with Crippen LogP contribution in [0.15, 0.2) is 18.2 Å². The van der Waals surface area contributed by atoms with Crippen LogP contribution >= 0.6 is 0 Å². The highest BCUT2D eigenvalue weighted by Crippen LogP contribution is 2.57. The van der Waals surface area contributed by atoms with E-state index in [1.807, 2.05) is 0 Å². The Morgan fingerprint density at radius 2 is 1.71 bits per heavy atom. The smallest absolute Gasteiger partial charge is 0.335 e. The Hall–Kier alpha value is -1.58. The largest absolute Gasteiger partial charge is 0.484 e. The van der Waals surface area contributed by atoms with Gasteiger partial charge in [-0.2, -0.15) is 0 Å². The zero-order valence-corrected chi connectivity index (χ0v) is 11.8. The van der Waals surface area contributed by atoms with Gasteiger partial charge in [0.25, 0.3) is 0 Å². The summed E-state index contributed by atoms with van der Waals surface area (Å²) in [6.45, 7) is 0. The predicted molar refractivity (Wildman–Crippen MR) is 74.9 cm³/mol. The van der Waals surface area contributed by atoms with Crippen molar-refractivity contribution < 1.29 is 19.0 Å². The lowest BCUT2D eigenvalue weighted by atomic mass is 9.54. The van der Waals surface area contributed by atoms with Gasteiger partial charge in [-0.25, -0.2) is 9.18 Å². The van der Waals surface area contributed by atoms with Gasteiger partial charge in [0.2, 0.25) is 0 Å². The van der Waals surface area contributed by atoms with E-state index in [0.717, 1.165) is 43.1 Å². The minimum Gasteiger partial charge on any atom is -0.484 e. The van der Waals surface area contributed by atoms with E-state index in [4.69, 9.17) is 9.84 Å². The van der Waals surface area contributed by atoms with E-state index >= 15 is 0 Å². The first kappa shape index (κ1) is 13.1. The fourth-order valence-corrected chi connectivity index (χ4v) is 5.11. The molecule has 3 nitrogen and oxygen atoms in total. The Balaban J connectivity index is 1.60. The molecule has 0 unspecified atom stereocenters. The highest BCUT2D eigenvalue weighted by Gasteiger charge is 2.52. The van der Waals surface area contributed by atoms with E-state index in [2.05, 4.69) is 0 Å². The first-order valence-electron chi connectivity index (χ1n) is 7.75. The van der Waals surface area contributed by atoms with Crippen LogP contribution in [0.4, 0.5) is 4.39 Å². The summed E-state index contributed by atoms with van der Waals surface area (Å²) in [5.74, 6) is 0.732. The lowest BCUT2D eigenvalue weighted by Gasteiger charge is -2.56. The van der Waals surface area contributed by atoms with E-state index < -0.39 is 11.8 Å². The second kappa shape index (κ2) is 4.46. The lowest BCUT2D eigenvalue weighted by molar-refractivity contribution is -0.109. The molecule has 0 spiro atoms. The third-order valence-corrected chi connectivity index (χ3v) is 5.49. The van der Waals surface area contributed by atoms with Crippen LogP contribution in [0.3, 0.4) is 0 Å². The molecule has 0 amide bonds. The molecule has 4 fully saturated rings. The van der Waals surface area contributed by atoms with Crippen LogP contribution in [0.1, 0.15) is 48.9 Å². The van der Waals surface area contributed by atoms with Crippen molar-refractivity contribution in [3.63, 3.8) is 0 Å². The molecule has 4 aliphatic rings. The molecule has 4 saturated carbocycles. The number of aromatic carboxylic acids is 1. The van der Waals surface area contributed by atoms with Gasteiger partial charge in [-0.1, -0.05) is 0 Å². The molecule has 0 aliphatic heterocycles. The quantitative estimate of drug-likeness (QED) is 0.919. The van der Waals surface area contributed by atoms with Gasteiger partial charge in [-0.05, 0) is 74.5 Å². The molecule has 4 aliphatic carbocycles. The molecule has 112 valence electrons. The van der Waals surface area contributed by atoms with Crippen molar-refractivity contribution in [1.82, 2.24) is 0 Å². The van der Waals surface area contributed by atoms with E-state index in [0.29, 0.717) is 0 Å². The van der Waals surface area contributed by atoms with Crippen LogP contribution in [0.2, 0.25) is 0 Å². The summed E-state index contributed by atoms with van der Waals surface area (Å²) in [6.07, 6.45) is 7.01. The fourth-order valence-electron chi connectivity index (χ4n) is 5.11. The average molecular weight is 290 g/mol. The zero-order valence-electron chi connectivity index (χ0n) is 11.8. The Bertz CT molecular complexity index is 560. The lowest BCUT2D eigenvalue weighted by Crippen LogP contribution is -2.53. The molecule has 4 heteroatoms. The standard InChI is InChI=1S/C17H19FO3/c18-14-6-13(16(19)20)1-2-15(14)21-17-7-10-3-11(8-17)5-12(4-10)9-17/h1-2,6,10-12H,3-5,7-9H2,(H,19,20). The van der Waals surface area contributed by atoms with Gasteiger partial charge in [0.15, 0.2) is 11.6 Å². The molecule has 0 atom stereocenters. The average Bonchev–Trinajstić information content (AvgIpc) is 2.39. The van der Waals surface area contributed by atoms with Gasteiger partial charge in [0, 0.05) is 0 Å². The number of carbonyl (C=O) groups is 1. The van der Waals surface area contributed by atoms with Gasteiger partial charge in [0.1, 0.15) is 5.60 Å². The molecule has 21 heavy (non-hydrogen) atoms. The number of halogens is 1. The molecule has 4 bridgehead atoms. The second-order valence-corrected chi connectivity index (χ2v) is 7.15. The minimum absolute atomic E-state index is 0.0367. The van der Waals surface area contributed by atoms with Crippen LogP contribution in [0, 0.1) is 23.6 Å². The van der Waals surface area contributed by atoms with Gasteiger partial charge < -0.3 is 9.84 Å². The summed E-state index contributed by atoms with van der Waals surface area (Å²) in [5, 5.41) is 8.90. The number of hydrogen-bond acceptors (Lipinski definition) is 2. The number of rotatable bonds is 3. The summed E-state index contributed by atoms with van der Waals surface area (Å²) in [7, 11) is 0. The molecule has 0 radical (unpaired) electrons. The van der Waals surface area contributed by atoms with Crippen molar-refractivity contribution in [2.24, 2.45) is 17.8 Å². The molecule has 5 rings (SSSR count). The molecule has 0 saturated heterocycles. The normalized spacial score (nSPS) is 36.7. The Morgan fingerprint density at radius 3 is 2.19 bits per heavy atom. The SMILES string of the molecule is O=C(O)c1ccc(OC23CC4CC(CC(C4)C2)C3)c(F)c1. The maximum atomic E-state index is 14.1. The third-order valence-electron chi connectivity index (χ3n) is 5.49. The summed E-state index contributed by atoms with van der Waals surface area (Å²) in [4.78, 5) is 10.9. The maximum absolute atomic E-state index is 14.1. The molecular formula is C17H19FO3. The molecule has 1 N–H and O–H groups in total. The topological polar surface area (TPSA) is 46.5 Å². The highest BCUT2D eigenvalue weighted by atomic mass is 19.1. The van der Waals surface area contributed by atoms with Crippen molar-refractivity contribution in [2.75, 3.05) is 0 Å². The van der Waals surface area contributed by atoms with Crippen LogP contribution in [0.5, 0.6) is 5.75 Å². The summed E-state index contributed by atoms with van der Waals surface area (Å²) >= 11 is 0. The van der Waals surface area contributed by atoms with Crippen molar-refractivity contribution in [2.45, 2.75) is 44.1 Å². The summed E-state index contributed by atoms with van der Waals surface area (Å²) < 4.78 is 20.2. The Kier molecular flexibility index (Phi) is 2.78. The highest BCUT2D eigenvalue weighted by molar-refractivity contribution is 5.87. The number of carboxylic acids is 1. The fraction of sp³-hybridized carbons (Fsp3) is 0.588. The van der Waals surface area contributed by atoms with Crippen LogP contribution < -0.4 is 4.74 Å². The molecule has 0 aromatic heterocycles. The van der Waals surface area contributed by atoms with Crippen molar-refractivity contribution >= 4 is 5.97 Å². The van der Waals surface area contributed by atoms with E-state index in [1.165, 1.54) is 31.4 Å². The van der Waals surface area contributed by atoms with Crippen molar-refractivity contribution in [3.8, 4) is 5.75 Å². The first-order chi connectivity index (χ1) is 10.0. The van der Waals surface area contributed by atoms with Crippen LogP contribution in [0.25, 0.3) is 0 Å². The van der Waals surface area contributed by atoms with Gasteiger partial charge in [0.05, 0.1) is 5.56 Å². The molecule has 0 heterocycles. The third kappa shape index (κ3) is 2.21. The predicted octanol–water partition coefficient (Wildman–Crippen LogP) is 3.87. The Labute approximate surface area is 123 Å². The van der Waals surface area contributed by atoms with E-state index in [-0.39, 0.29) is 16.9 Å². The van der Waals surface area contributed by atoms with Crippen molar-refractivity contribution in [3.05, 3.63) is 29.6 Å². The summed E-state index contributed by atoms with van der Waals surface area (Å²) in [5.41, 5.74) is -0.245. The Morgan fingerprint density at radius 1 is 1.14 bits per heavy atom. The maximum Gasteiger partial charge on any atom is 0.335 e. The molecule has 1 aromatic carbocycles. The van der Waals surface area contributed by atoms with Gasteiger partial charge >= 0.3 is 5.97 Å². The van der Waals surface area contributed by atoms with Crippen LogP contribution in [-0.2, 0) is 0 Å². The number of hydrogen-bond donors (Lipinski definition) is 1. The second-order valence-electron chi connectivity index (χ2n) is 7.15. The minimum atomic E-state index is -1.12. The first-order valence-corrected chi connectivity index (χ1v) is 7.75. The van der Waals surface area contributed by atoms with E-state index in [9.17, 15) is 9.18 Å². The summed E-state index contributed by atoms with van der Waals surface area (Å²) in [6, 6.07) is 3.94. The van der Waals surface area contributed by atoms with E-state index in [1.54, 1.807) is 0 Å². The monoisotopic (exact) mass is 290 g/mol. The zero-order chi connectivity index (χ0) is 14.6. The molecular weight excluding hydrogens is 271 g/mol.